The molecule has 2 N–H and O–H groups in total. The topological polar surface area (TPSA) is 90.5 Å². The molecule has 0 unspecified atom stereocenters. The number of hydrogen-bond donors (Lipinski definition) is 2. The van der Waals surface area contributed by atoms with E-state index in [2.05, 4.69) is 92.2 Å². The van der Waals surface area contributed by atoms with E-state index >= 15 is 0 Å². The molecule has 0 aliphatic heterocycles. The molecule has 0 amide bonds. The number of carbonyl (C=O) groups is 1. The van der Waals surface area contributed by atoms with Gasteiger partial charge in [0.05, 0.1) is 36.7 Å². The van der Waals surface area contributed by atoms with Crippen LogP contribution in [0.5, 0.6) is 5.75 Å². The molecule has 250 valence electrons. The molecule has 4 aromatic carbocycles. The van der Waals surface area contributed by atoms with E-state index in [9.17, 15) is 9.90 Å². The summed E-state index contributed by atoms with van der Waals surface area (Å²) in [5.74, 6) is 0.521. The van der Waals surface area contributed by atoms with Gasteiger partial charge in [0.25, 0.3) is 0 Å². The second-order valence-corrected chi connectivity index (χ2v) is 13.1. The summed E-state index contributed by atoms with van der Waals surface area (Å²) in [4.78, 5) is 13.8. The van der Waals surface area contributed by atoms with Crippen LogP contribution >= 0.6 is 22.6 Å². The van der Waals surface area contributed by atoms with E-state index in [1.807, 2.05) is 51.2 Å². The first kappa shape index (κ1) is 33.5. The summed E-state index contributed by atoms with van der Waals surface area (Å²) in [5.41, 5.74) is 6.92. The molecule has 2 aromatic heterocycles. The van der Waals surface area contributed by atoms with E-state index < -0.39 is 0 Å². The van der Waals surface area contributed by atoms with Gasteiger partial charge in [-0.15, -0.1) is 0 Å². The quantitative estimate of drug-likeness (QED) is 0.0658. The number of aliphatic hydroxyl groups excluding tert-OH is 1. The number of para-hydroxylation sites is 1. The van der Waals surface area contributed by atoms with Crippen LogP contribution in [0.25, 0.3) is 32.8 Å². The number of carbonyl (C=O) groups excluding carboxylic acids is 1. The number of fused-ring (bicyclic) bond motifs is 2. The van der Waals surface area contributed by atoms with Crippen molar-refractivity contribution in [2.75, 3.05) is 25.1 Å². The largest absolute Gasteiger partial charge is 0.493 e. The summed E-state index contributed by atoms with van der Waals surface area (Å²) in [6.45, 7) is 5.76. The van der Waals surface area contributed by atoms with Crippen molar-refractivity contribution >= 4 is 55.9 Å². The molecule has 6 aromatic rings. The Kier molecular flexibility index (Phi) is 10.7. The van der Waals surface area contributed by atoms with Crippen LogP contribution in [0.3, 0.4) is 0 Å². The fourth-order valence-corrected chi connectivity index (χ4v) is 6.98. The zero-order chi connectivity index (χ0) is 33.6. The van der Waals surface area contributed by atoms with E-state index in [4.69, 9.17) is 9.47 Å². The van der Waals surface area contributed by atoms with Crippen LogP contribution in [0.4, 0.5) is 5.69 Å². The monoisotopic (exact) mass is 758 g/mol. The third-order valence-electron chi connectivity index (χ3n) is 8.73. The van der Waals surface area contributed by atoms with Crippen molar-refractivity contribution in [2.45, 2.75) is 46.3 Å². The SMILES string of the molecule is CCOC(=O)c1c(CCCOc2cccc3ccccc23)c2cccc(-c3c(C)nn(C)c3CO)c2n1CCCNc1ccc(I)cc1.[HH]. The van der Waals surface area contributed by atoms with Gasteiger partial charge in [0.1, 0.15) is 11.4 Å². The number of halogens is 1. The fraction of sp³-hybridized carbons (Fsp3) is 0.282. The minimum absolute atomic E-state index is 0. The Bertz CT molecular complexity index is 2050. The highest BCUT2D eigenvalue weighted by Crippen LogP contribution is 2.38. The van der Waals surface area contributed by atoms with Crippen LogP contribution in [-0.4, -0.2) is 45.2 Å². The molecule has 0 fully saturated rings. The third-order valence-corrected chi connectivity index (χ3v) is 9.45. The average molecular weight is 759 g/mol. The standard InChI is InChI=1S/C39H41IN4O4.H2/c1-4-47-39(46)38-32(16-9-24-48-35-17-7-12-27-11-5-6-13-30(27)35)31-14-8-15-33(36-26(2)42-43(3)34(36)25-45)37(31)44(38)23-10-22-41-29-20-18-28(40)19-21-29;/h5-8,11-15,17-21,41,45H,4,9-10,16,22-25H2,1-3H3;1H. The van der Waals surface area contributed by atoms with Gasteiger partial charge in [-0.25, -0.2) is 4.79 Å². The van der Waals surface area contributed by atoms with Crippen LogP contribution in [0.15, 0.2) is 84.9 Å². The van der Waals surface area contributed by atoms with Crippen molar-refractivity contribution in [1.29, 1.82) is 0 Å². The Labute approximate surface area is 296 Å². The molecule has 0 bridgehead atoms. The summed E-state index contributed by atoms with van der Waals surface area (Å²) < 4.78 is 17.1. The number of aryl methyl sites for hydroxylation is 4. The molecule has 9 heteroatoms. The molecular weight excluding hydrogens is 715 g/mol. The second-order valence-electron chi connectivity index (χ2n) is 11.8. The van der Waals surface area contributed by atoms with Gasteiger partial charge in [-0.1, -0.05) is 54.6 Å². The molecule has 0 saturated carbocycles. The van der Waals surface area contributed by atoms with Gasteiger partial charge in [0, 0.05) is 52.7 Å². The van der Waals surface area contributed by atoms with Gasteiger partial charge >= 0.3 is 5.97 Å². The summed E-state index contributed by atoms with van der Waals surface area (Å²) in [7, 11) is 1.85. The van der Waals surface area contributed by atoms with Crippen molar-refractivity contribution < 1.29 is 20.8 Å². The molecule has 0 aliphatic carbocycles. The maximum atomic E-state index is 13.8. The number of ether oxygens (including phenoxy) is 2. The van der Waals surface area contributed by atoms with Crippen LogP contribution in [0, 0.1) is 10.5 Å². The number of hydrogen-bond acceptors (Lipinski definition) is 6. The molecule has 2 heterocycles. The zero-order valence-electron chi connectivity index (χ0n) is 27.6. The number of anilines is 1. The molecule has 8 nitrogen and oxygen atoms in total. The van der Waals surface area contributed by atoms with Crippen molar-refractivity contribution in [2.24, 2.45) is 7.05 Å². The highest BCUT2D eigenvalue weighted by molar-refractivity contribution is 14.1. The van der Waals surface area contributed by atoms with E-state index in [0.717, 1.165) is 74.2 Å². The smallest absolute Gasteiger partial charge is 0.355 e. The minimum Gasteiger partial charge on any atom is -0.493 e. The van der Waals surface area contributed by atoms with Gasteiger partial charge in [0.15, 0.2) is 0 Å². The van der Waals surface area contributed by atoms with E-state index in [0.29, 0.717) is 31.7 Å². The zero-order valence-corrected chi connectivity index (χ0v) is 29.8. The lowest BCUT2D eigenvalue weighted by molar-refractivity contribution is 0.0512. The lowest BCUT2D eigenvalue weighted by Crippen LogP contribution is -2.16. The predicted octanol–water partition coefficient (Wildman–Crippen LogP) is 8.54. The number of aliphatic hydroxyl groups is 1. The first-order chi connectivity index (χ1) is 23.4. The third kappa shape index (κ3) is 6.93. The van der Waals surface area contributed by atoms with Crippen LogP contribution in [0.1, 0.15) is 48.6 Å². The maximum absolute atomic E-state index is 13.8. The van der Waals surface area contributed by atoms with Gasteiger partial charge in [-0.2, -0.15) is 5.10 Å². The summed E-state index contributed by atoms with van der Waals surface area (Å²) >= 11 is 2.31. The first-order valence-corrected chi connectivity index (χ1v) is 17.5. The lowest BCUT2D eigenvalue weighted by Gasteiger charge is -2.15. The minimum atomic E-state index is -0.333. The van der Waals surface area contributed by atoms with Crippen molar-refractivity contribution in [3.63, 3.8) is 0 Å². The summed E-state index contributed by atoms with van der Waals surface area (Å²) in [6.07, 6.45) is 2.12. The van der Waals surface area contributed by atoms with Crippen LogP contribution in [-0.2, 0) is 31.4 Å². The number of rotatable bonds is 14. The van der Waals surface area contributed by atoms with E-state index in [-0.39, 0.29) is 20.6 Å². The Hall–Kier alpha value is -4.35. The Morgan fingerprint density at radius 1 is 0.979 bits per heavy atom. The Morgan fingerprint density at radius 2 is 1.73 bits per heavy atom. The highest BCUT2D eigenvalue weighted by atomic mass is 127. The lowest BCUT2D eigenvalue weighted by atomic mass is 9.98. The molecule has 48 heavy (non-hydrogen) atoms. The molecule has 0 radical (unpaired) electrons. The summed E-state index contributed by atoms with van der Waals surface area (Å²) in [6, 6.07) is 28.8. The number of nitrogens with zero attached hydrogens (tertiary/aromatic N) is 3. The van der Waals surface area contributed by atoms with Crippen LogP contribution < -0.4 is 10.1 Å². The van der Waals surface area contributed by atoms with Gasteiger partial charge < -0.3 is 24.5 Å². The molecule has 6 rings (SSSR count). The fourth-order valence-electron chi connectivity index (χ4n) is 6.62. The molecule has 0 atom stereocenters. The van der Waals surface area contributed by atoms with Gasteiger partial charge in [-0.3, -0.25) is 4.68 Å². The number of benzene rings is 4. The van der Waals surface area contributed by atoms with Gasteiger partial charge in [-0.05, 0) is 97.0 Å². The molecule has 0 spiro atoms. The van der Waals surface area contributed by atoms with Crippen molar-refractivity contribution in [3.8, 4) is 16.9 Å². The van der Waals surface area contributed by atoms with Crippen molar-refractivity contribution in [1.82, 2.24) is 14.3 Å². The number of aromatic nitrogens is 3. The highest BCUT2D eigenvalue weighted by Gasteiger charge is 2.27. The second kappa shape index (κ2) is 15.3. The number of nitrogens with one attached hydrogen (secondary N) is 1. The maximum Gasteiger partial charge on any atom is 0.355 e. The predicted molar refractivity (Wildman–Crippen MR) is 203 cm³/mol. The summed E-state index contributed by atoms with van der Waals surface area (Å²) in [5, 5.41) is 21.8. The normalized spacial score (nSPS) is 11.4. The van der Waals surface area contributed by atoms with E-state index in [1.165, 1.54) is 3.57 Å². The van der Waals surface area contributed by atoms with Gasteiger partial charge in [0.2, 0.25) is 0 Å². The number of esters is 1. The Morgan fingerprint density at radius 3 is 2.52 bits per heavy atom. The first-order valence-electron chi connectivity index (χ1n) is 16.5. The average Bonchev–Trinajstić information content (AvgIpc) is 3.57. The van der Waals surface area contributed by atoms with Crippen molar-refractivity contribution in [3.05, 3.63) is 111 Å². The molecule has 0 aliphatic rings. The Balaban J connectivity index is 0.00000468. The van der Waals surface area contributed by atoms with E-state index in [1.54, 1.807) is 4.68 Å². The molecule has 0 saturated heterocycles. The molecular formula is C39H43IN4O4. The van der Waals surface area contributed by atoms with Crippen LogP contribution in [0.2, 0.25) is 0 Å².